The fourth-order valence-electron chi connectivity index (χ4n) is 3.10. The molecule has 0 aliphatic heterocycles. The lowest BCUT2D eigenvalue weighted by atomic mass is 9.88. The topological polar surface area (TPSA) is 17.8 Å². The summed E-state index contributed by atoms with van der Waals surface area (Å²) >= 11 is 0. The lowest BCUT2D eigenvalue weighted by Gasteiger charge is -2.22. The van der Waals surface area contributed by atoms with Gasteiger partial charge in [0.25, 0.3) is 0 Å². The SMILES string of the molecule is CCCc1cncn1CC(CC)CC(C)CC(C)C. The highest BCUT2D eigenvalue weighted by atomic mass is 15.0. The third kappa shape index (κ3) is 5.80. The molecule has 2 atom stereocenters. The Balaban J connectivity index is 2.53. The highest BCUT2D eigenvalue weighted by Crippen LogP contribution is 2.23. The van der Waals surface area contributed by atoms with E-state index in [2.05, 4.69) is 44.2 Å². The van der Waals surface area contributed by atoms with Crippen molar-refractivity contribution in [1.82, 2.24) is 9.55 Å². The average Bonchev–Trinajstić information content (AvgIpc) is 2.75. The van der Waals surface area contributed by atoms with Crippen LogP contribution in [0.3, 0.4) is 0 Å². The van der Waals surface area contributed by atoms with Crippen LogP contribution >= 0.6 is 0 Å². The third-order valence-electron chi connectivity index (χ3n) is 3.95. The van der Waals surface area contributed by atoms with Crippen molar-refractivity contribution in [3.05, 3.63) is 18.2 Å². The molecule has 1 aromatic rings. The Kier molecular flexibility index (Phi) is 7.19. The number of aryl methyl sites for hydroxylation is 1. The van der Waals surface area contributed by atoms with Crippen molar-refractivity contribution in [2.24, 2.45) is 17.8 Å². The molecule has 0 spiro atoms. The Labute approximate surface area is 119 Å². The van der Waals surface area contributed by atoms with Gasteiger partial charge in [-0.1, -0.05) is 47.5 Å². The normalized spacial score (nSPS) is 14.8. The number of nitrogens with zero attached hydrogens (tertiary/aromatic N) is 2. The summed E-state index contributed by atoms with van der Waals surface area (Å²) in [6.45, 7) is 12.8. The van der Waals surface area contributed by atoms with Crippen molar-refractivity contribution in [3.63, 3.8) is 0 Å². The molecule has 1 aromatic heterocycles. The predicted octanol–water partition coefficient (Wildman–Crippen LogP) is 4.93. The first kappa shape index (κ1) is 16.3. The summed E-state index contributed by atoms with van der Waals surface area (Å²) in [5.41, 5.74) is 1.40. The minimum Gasteiger partial charge on any atom is -0.334 e. The Morgan fingerprint density at radius 1 is 1.16 bits per heavy atom. The number of rotatable bonds is 9. The van der Waals surface area contributed by atoms with Crippen LogP contribution in [0.2, 0.25) is 0 Å². The summed E-state index contributed by atoms with van der Waals surface area (Å²) < 4.78 is 2.37. The number of hydrogen-bond donors (Lipinski definition) is 0. The molecule has 0 radical (unpaired) electrons. The second-order valence-corrected chi connectivity index (χ2v) is 6.53. The molecule has 0 saturated carbocycles. The maximum Gasteiger partial charge on any atom is 0.0948 e. The van der Waals surface area contributed by atoms with Gasteiger partial charge in [0, 0.05) is 18.4 Å². The fourth-order valence-corrected chi connectivity index (χ4v) is 3.10. The van der Waals surface area contributed by atoms with Crippen LogP contribution in [0.25, 0.3) is 0 Å². The van der Waals surface area contributed by atoms with Crippen LogP contribution in [0, 0.1) is 17.8 Å². The van der Waals surface area contributed by atoms with E-state index >= 15 is 0 Å². The molecule has 0 amide bonds. The minimum atomic E-state index is 0.790. The quantitative estimate of drug-likeness (QED) is 0.618. The standard InChI is InChI=1S/C17H32N2/c1-6-8-17-11-18-13-19(17)12-16(7-2)10-15(5)9-14(3)4/h11,13-16H,6-10,12H2,1-5H3. The number of aromatic nitrogens is 2. The van der Waals surface area contributed by atoms with Crippen LogP contribution in [0.1, 0.15) is 66.0 Å². The number of hydrogen-bond acceptors (Lipinski definition) is 1. The van der Waals surface area contributed by atoms with E-state index < -0.39 is 0 Å². The predicted molar refractivity (Wildman–Crippen MR) is 83.2 cm³/mol. The molecule has 0 aliphatic rings. The zero-order valence-corrected chi connectivity index (χ0v) is 13.5. The van der Waals surface area contributed by atoms with E-state index in [1.54, 1.807) is 0 Å². The molecule has 0 aliphatic carbocycles. The molecule has 19 heavy (non-hydrogen) atoms. The second kappa shape index (κ2) is 8.39. The van der Waals surface area contributed by atoms with E-state index in [1.807, 2.05) is 12.5 Å². The van der Waals surface area contributed by atoms with Gasteiger partial charge in [-0.3, -0.25) is 0 Å². The Morgan fingerprint density at radius 3 is 2.47 bits per heavy atom. The Hall–Kier alpha value is -0.790. The molecule has 0 aromatic carbocycles. The zero-order valence-electron chi connectivity index (χ0n) is 13.5. The van der Waals surface area contributed by atoms with Gasteiger partial charge in [-0.2, -0.15) is 0 Å². The summed E-state index contributed by atoms with van der Waals surface area (Å²) in [6.07, 6.45) is 10.4. The Morgan fingerprint density at radius 2 is 1.89 bits per heavy atom. The summed E-state index contributed by atoms with van der Waals surface area (Å²) in [5.74, 6) is 2.44. The van der Waals surface area contributed by atoms with Crippen LogP contribution in [0.5, 0.6) is 0 Å². The highest BCUT2D eigenvalue weighted by molar-refractivity contribution is 4.98. The molecule has 2 unspecified atom stereocenters. The lowest BCUT2D eigenvalue weighted by molar-refractivity contribution is 0.305. The van der Waals surface area contributed by atoms with Crippen molar-refractivity contribution in [2.75, 3.05) is 0 Å². The van der Waals surface area contributed by atoms with Gasteiger partial charge in [-0.15, -0.1) is 0 Å². The fraction of sp³-hybridized carbons (Fsp3) is 0.824. The lowest BCUT2D eigenvalue weighted by Crippen LogP contribution is -2.15. The summed E-state index contributed by atoms with van der Waals surface area (Å²) in [7, 11) is 0. The molecular weight excluding hydrogens is 232 g/mol. The van der Waals surface area contributed by atoms with Crippen molar-refractivity contribution >= 4 is 0 Å². The number of imidazole rings is 1. The largest absolute Gasteiger partial charge is 0.334 e. The van der Waals surface area contributed by atoms with Gasteiger partial charge >= 0.3 is 0 Å². The highest BCUT2D eigenvalue weighted by Gasteiger charge is 2.14. The van der Waals surface area contributed by atoms with Gasteiger partial charge in [0.1, 0.15) is 0 Å². The van der Waals surface area contributed by atoms with E-state index in [0.29, 0.717) is 0 Å². The van der Waals surface area contributed by atoms with E-state index in [0.717, 1.165) is 30.7 Å². The molecule has 0 saturated heterocycles. The van der Waals surface area contributed by atoms with Gasteiger partial charge < -0.3 is 4.57 Å². The molecule has 1 rings (SSSR count). The Bertz CT molecular complexity index is 341. The first-order chi connectivity index (χ1) is 9.06. The molecular formula is C17H32N2. The average molecular weight is 264 g/mol. The minimum absolute atomic E-state index is 0.790. The molecule has 1 heterocycles. The van der Waals surface area contributed by atoms with Crippen molar-refractivity contribution in [2.45, 2.75) is 73.3 Å². The van der Waals surface area contributed by atoms with Crippen LogP contribution < -0.4 is 0 Å². The third-order valence-corrected chi connectivity index (χ3v) is 3.95. The molecule has 2 nitrogen and oxygen atoms in total. The second-order valence-electron chi connectivity index (χ2n) is 6.53. The molecule has 0 fully saturated rings. The van der Waals surface area contributed by atoms with Gasteiger partial charge in [-0.25, -0.2) is 4.98 Å². The van der Waals surface area contributed by atoms with Crippen LogP contribution in [-0.2, 0) is 13.0 Å². The summed E-state index contributed by atoms with van der Waals surface area (Å²) in [4.78, 5) is 4.32. The first-order valence-electron chi connectivity index (χ1n) is 8.05. The van der Waals surface area contributed by atoms with Crippen molar-refractivity contribution < 1.29 is 0 Å². The molecule has 0 bridgehead atoms. The van der Waals surface area contributed by atoms with Gasteiger partial charge in [0.15, 0.2) is 0 Å². The molecule has 0 N–H and O–H groups in total. The maximum atomic E-state index is 4.32. The van der Waals surface area contributed by atoms with E-state index in [9.17, 15) is 0 Å². The zero-order chi connectivity index (χ0) is 14.3. The summed E-state index contributed by atoms with van der Waals surface area (Å²) in [5, 5.41) is 0. The van der Waals surface area contributed by atoms with Crippen LogP contribution in [0.15, 0.2) is 12.5 Å². The van der Waals surface area contributed by atoms with Crippen LogP contribution in [-0.4, -0.2) is 9.55 Å². The molecule has 110 valence electrons. The van der Waals surface area contributed by atoms with E-state index in [-0.39, 0.29) is 0 Å². The van der Waals surface area contributed by atoms with E-state index in [4.69, 9.17) is 0 Å². The van der Waals surface area contributed by atoms with Crippen molar-refractivity contribution in [3.8, 4) is 0 Å². The first-order valence-corrected chi connectivity index (χ1v) is 8.05. The molecule has 2 heteroatoms. The smallest absolute Gasteiger partial charge is 0.0948 e. The van der Waals surface area contributed by atoms with Gasteiger partial charge in [0.2, 0.25) is 0 Å². The summed E-state index contributed by atoms with van der Waals surface area (Å²) in [6, 6.07) is 0. The monoisotopic (exact) mass is 264 g/mol. The van der Waals surface area contributed by atoms with Gasteiger partial charge in [-0.05, 0) is 37.0 Å². The maximum absolute atomic E-state index is 4.32. The van der Waals surface area contributed by atoms with Gasteiger partial charge in [0.05, 0.1) is 6.33 Å². The van der Waals surface area contributed by atoms with Crippen molar-refractivity contribution in [1.29, 1.82) is 0 Å². The van der Waals surface area contributed by atoms with E-state index in [1.165, 1.54) is 31.4 Å². The van der Waals surface area contributed by atoms with Crippen LogP contribution in [0.4, 0.5) is 0 Å².